The third-order valence-corrected chi connectivity index (χ3v) is 3.25. The monoisotopic (exact) mass is 338 g/mol. The van der Waals surface area contributed by atoms with Crippen molar-refractivity contribution < 1.29 is 9.53 Å². The maximum Gasteiger partial charge on any atom is 0.275 e. The molecule has 0 bridgehead atoms. The highest BCUT2D eigenvalue weighted by Crippen LogP contribution is 2.26. The lowest BCUT2D eigenvalue weighted by molar-refractivity contribution is 0.102. The van der Waals surface area contributed by atoms with Crippen LogP contribution in [0.25, 0.3) is 0 Å². The van der Waals surface area contributed by atoms with Gasteiger partial charge >= 0.3 is 0 Å². The first-order chi connectivity index (χ1) is 10.5. The van der Waals surface area contributed by atoms with Gasteiger partial charge in [0.15, 0.2) is 0 Å². The number of carbonyl (C=O) groups is 1. The number of anilines is 1. The van der Waals surface area contributed by atoms with E-state index in [1.807, 2.05) is 12.1 Å². The van der Waals surface area contributed by atoms with Crippen LogP contribution in [0.3, 0.4) is 0 Å². The molecule has 0 saturated carbocycles. The van der Waals surface area contributed by atoms with E-state index in [0.29, 0.717) is 24.0 Å². The van der Waals surface area contributed by atoms with Crippen molar-refractivity contribution in [2.75, 3.05) is 11.9 Å². The molecule has 0 unspecified atom stereocenters. The second-order valence-electron chi connectivity index (χ2n) is 5.12. The minimum Gasteiger partial charge on any atom is -0.491 e. The number of rotatable bonds is 5. The molecule has 2 aromatic rings. The molecule has 0 radical (unpaired) electrons. The number of aromatic nitrogens is 1. The third kappa shape index (κ3) is 4.36. The van der Waals surface area contributed by atoms with Crippen LogP contribution in [0.1, 0.15) is 24.3 Å². The standard InChI is InChI=1S/C16H16Cl2N2O2/c1-10(2)9-22-13-6-4-3-5-12(13)19-16(21)15-11(17)7-8-14(18)20-15/h3-8,10H,9H2,1-2H3,(H,19,21). The van der Waals surface area contributed by atoms with Crippen molar-refractivity contribution in [2.24, 2.45) is 5.92 Å². The zero-order chi connectivity index (χ0) is 16.1. The van der Waals surface area contributed by atoms with E-state index in [4.69, 9.17) is 27.9 Å². The normalized spacial score (nSPS) is 10.6. The molecule has 0 aliphatic carbocycles. The topological polar surface area (TPSA) is 51.2 Å². The maximum absolute atomic E-state index is 12.3. The van der Waals surface area contributed by atoms with Gasteiger partial charge in [0.1, 0.15) is 16.6 Å². The molecule has 0 aliphatic rings. The summed E-state index contributed by atoms with van der Waals surface area (Å²) in [5, 5.41) is 3.19. The molecule has 2 rings (SSSR count). The second-order valence-corrected chi connectivity index (χ2v) is 5.91. The summed E-state index contributed by atoms with van der Waals surface area (Å²) >= 11 is 11.8. The molecule has 22 heavy (non-hydrogen) atoms. The second kappa shape index (κ2) is 7.47. The molecule has 0 atom stereocenters. The molecule has 0 spiro atoms. The smallest absolute Gasteiger partial charge is 0.275 e. The first-order valence-corrected chi connectivity index (χ1v) is 7.58. The first kappa shape index (κ1) is 16.6. The van der Waals surface area contributed by atoms with Gasteiger partial charge in [-0.05, 0) is 30.2 Å². The summed E-state index contributed by atoms with van der Waals surface area (Å²) in [6, 6.07) is 10.3. The van der Waals surface area contributed by atoms with Crippen LogP contribution in [0, 0.1) is 5.92 Å². The van der Waals surface area contributed by atoms with Crippen molar-refractivity contribution in [1.82, 2.24) is 4.98 Å². The van der Waals surface area contributed by atoms with Crippen LogP contribution in [0.2, 0.25) is 10.2 Å². The molecule has 0 aliphatic heterocycles. The van der Waals surface area contributed by atoms with E-state index in [-0.39, 0.29) is 15.9 Å². The average molecular weight is 339 g/mol. The molecule has 1 aromatic carbocycles. The van der Waals surface area contributed by atoms with E-state index >= 15 is 0 Å². The van der Waals surface area contributed by atoms with E-state index in [9.17, 15) is 4.79 Å². The Balaban J connectivity index is 2.19. The van der Waals surface area contributed by atoms with Crippen LogP contribution in [-0.4, -0.2) is 17.5 Å². The zero-order valence-corrected chi connectivity index (χ0v) is 13.8. The predicted molar refractivity (Wildman–Crippen MR) is 89.0 cm³/mol. The summed E-state index contributed by atoms with van der Waals surface area (Å²) in [6.07, 6.45) is 0. The molecular weight excluding hydrogens is 323 g/mol. The van der Waals surface area contributed by atoms with Gasteiger partial charge in [0.25, 0.3) is 5.91 Å². The maximum atomic E-state index is 12.3. The highest BCUT2D eigenvalue weighted by Gasteiger charge is 2.15. The minimum absolute atomic E-state index is 0.0767. The highest BCUT2D eigenvalue weighted by atomic mass is 35.5. The summed E-state index contributed by atoms with van der Waals surface area (Å²) in [7, 11) is 0. The lowest BCUT2D eigenvalue weighted by Crippen LogP contribution is -2.15. The quantitative estimate of drug-likeness (QED) is 0.805. The highest BCUT2D eigenvalue weighted by molar-refractivity contribution is 6.35. The Hall–Kier alpha value is -1.78. The predicted octanol–water partition coefficient (Wildman–Crippen LogP) is 4.68. The molecule has 1 N–H and O–H groups in total. The Kier molecular flexibility index (Phi) is 5.63. The third-order valence-electron chi connectivity index (χ3n) is 2.73. The van der Waals surface area contributed by atoms with E-state index < -0.39 is 5.91 Å². The van der Waals surface area contributed by atoms with Gasteiger partial charge in [0.05, 0.1) is 17.3 Å². The number of pyridine rings is 1. The Morgan fingerprint density at radius 1 is 1.23 bits per heavy atom. The van der Waals surface area contributed by atoms with Crippen molar-refractivity contribution >= 4 is 34.8 Å². The lowest BCUT2D eigenvalue weighted by Gasteiger charge is -2.14. The average Bonchev–Trinajstić information content (AvgIpc) is 2.48. The van der Waals surface area contributed by atoms with E-state index in [1.54, 1.807) is 12.1 Å². The van der Waals surface area contributed by atoms with Crippen LogP contribution >= 0.6 is 23.2 Å². The van der Waals surface area contributed by atoms with Crippen LogP contribution < -0.4 is 10.1 Å². The van der Waals surface area contributed by atoms with Crippen LogP contribution in [0.15, 0.2) is 36.4 Å². The Morgan fingerprint density at radius 3 is 2.68 bits per heavy atom. The molecule has 1 aromatic heterocycles. The van der Waals surface area contributed by atoms with Crippen LogP contribution in [0.4, 0.5) is 5.69 Å². The van der Waals surface area contributed by atoms with Crippen molar-refractivity contribution in [2.45, 2.75) is 13.8 Å². The van der Waals surface area contributed by atoms with Crippen molar-refractivity contribution in [3.63, 3.8) is 0 Å². The van der Waals surface area contributed by atoms with Gasteiger partial charge in [-0.1, -0.05) is 49.2 Å². The fraction of sp³-hybridized carbons (Fsp3) is 0.250. The molecule has 1 amide bonds. The van der Waals surface area contributed by atoms with Gasteiger partial charge < -0.3 is 10.1 Å². The largest absolute Gasteiger partial charge is 0.491 e. The fourth-order valence-electron chi connectivity index (χ4n) is 1.71. The molecule has 1 heterocycles. The molecule has 0 saturated heterocycles. The Labute approximate surface area is 139 Å². The molecule has 6 heteroatoms. The fourth-order valence-corrected chi connectivity index (χ4v) is 2.05. The number of nitrogens with one attached hydrogen (secondary N) is 1. The molecular formula is C16H16Cl2N2O2. The Morgan fingerprint density at radius 2 is 1.95 bits per heavy atom. The molecule has 0 fully saturated rings. The zero-order valence-electron chi connectivity index (χ0n) is 12.3. The summed E-state index contributed by atoms with van der Waals surface area (Å²) in [5.74, 6) is 0.545. The lowest BCUT2D eigenvalue weighted by atomic mass is 10.2. The van der Waals surface area contributed by atoms with Gasteiger partial charge in [-0.2, -0.15) is 0 Å². The first-order valence-electron chi connectivity index (χ1n) is 6.82. The number of halogens is 2. The summed E-state index contributed by atoms with van der Waals surface area (Å²) in [4.78, 5) is 16.3. The van der Waals surface area contributed by atoms with Crippen molar-refractivity contribution in [1.29, 1.82) is 0 Å². The number of hydrogen-bond acceptors (Lipinski definition) is 3. The summed E-state index contributed by atoms with van der Waals surface area (Å²) < 4.78 is 5.70. The number of hydrogen-bond donors (Lipinski definition) is 1. The summed E-state index contributed by atoms with van der Waals surface area (Å²) in [5.41, 5.74) is 0.638. The van der Waals surface area contributed by atoms with Gasteiger partial charge in [0, 0.05) is 0 Å². The van der Waals surface area contributed by atoms with Crippen LogP contribution in [-0.2, 0) is 0 Å². The molecule has 4 nitrogen and oxygen atoms in total. The van der Waals surface area contributed by atoms with Crippen LogP contribution in [0.5, 0.6) is 5.75 Å². The van der Waals surface area contributed by atoms with Crippen molar-refractivity contribution in [3.8, 4) is 5.75 Å². The number of carbonyl (C=O) groups excluding carboxylic acids is 1. The van der Waals surface area contributed by atoms with Gasteiger partial charge in [0.2, 0.25) is 0 Å². The molecule has 116 valence electrons. The minimum atomic E-state index is -0.437. The summed E-state index contributed by atoms with van der Waals surface area (Å²) in [6.45, 7) is 4.66. The number of para-hydroxylation sites is 2. The van der Waals surface area contributed by atoms with Crippen molar-refractivity contribution in [3.05, 3.63) is 52.3 Å². The number of nitrogens with zero attached hydrogens (tertiary/aromatic N) is 1. The van der Waals surface area contributed by atoms with Gasteiger partial charge in [-0.15, -0.1) is 0 Å². The number of benzene rings is 1. The SMILES string of the molecule is CC(C)COc1ccccc1NC(=O)c1nc(Cl)ccc1Cl. The number of ether oxygens (including phenoxy) is 1. The van der Waals surface area contributed by atoms with Gasteiger partial charge in [-0.25, -0.2) is 4.98 Å². The number of amides is 1. The van der Waals surface area contributed by atoms with Gasteiger partial charge in [-0.3, -0.25) is 4.79 Å². The van der Waals surface area contributed by atoms with E-state index in [2.05, 4.69) is 24.1 Å². The Bertz CT molecular complexity index is 675. The van der Waals surface area contributed by atoms with E-state index in [0.717, 1.165) is 0 Å². The van der Waals surface area contributed by atoms with E-state index in [1.165, 1.54) is 12.1 Å².